The lowest BCUT2D eigenvalue weighted by molar-refractivity contribution is -0.385. The maximum Gasteiger partial charge on any atom is 0.274 e. The maximum absolute atomic E-state index is 11.0. The van der Waals surface area contributed by atoms with Gasteiger partial charge in [-0.3, -0.25) is 10.1 Å². The van der Waals surface area contributed by atoms with Crippen LogP contribution in [0.4, 0.5) is 5.69 Å². The Morgan fingerprint density at radius 1 is 1.25 bits per heavy atom. The summed E-state index contributed by atoms with van der Waals surface area (Å²) in [5.74, 6) is 0.647. The number of para-hydroxylation sites is 1. The fraction of sp³-hybridized carbons (Fsp3) is 0.600. The van der Waals surface area contributed by atoms with Gasteiger partial charge >= 0.3 is 0 Å². The molecule has 0 heterocycles. The molecule has 5 heteroatoms. The molecule has 0 aromatic heterocycles. The van der Waals surface area contributed by atoms with Gasteiger partial charge in [0.25, 0.3) is 5.69 Å². The molecule has 0 radical (unpaired) electrons. The molecular weight excluding hydrogens is 256 g/mol. The first kappa shape index (κ1) is 16.6. The molecule has 0 bridgehead atoms. The van der Waals surface area contributed by atoms with E-state index >= 15 is 0 Å². The molecule has 1 unspecified atom stereocenters. The number of nitro groups is 1. The highest BCUT2D eigenvalue weighted by Crippen LogP contribution is 2.23. The van der Waals surface area contributed by atoms with E-state index in [2.05, 4.69) is 19.2 Å². The highest BCUT2D eigenvalue weighted by molar-refractivity contribution is 5.41. The summed E-state index contributed by atoms with van der Waals surface area (Å²) in [4.78, 5) is 10.6. The molecule has 1 aromatic carbocycles. The van der Waals surface area contributed by atoms with Crippen molar-refractivity contribution < 1.29 is 9.66 Å². The van der Waals surface area contributed by atoms with Crippen LogP contribution in [0.1, 0.15) is 38.8 Å². The van der Waals surface area contributed by atoms with Crippen molar-refractivity contribution in [2.24, 2.45) is 5.92 Å². The molecule has 0 fully saturated rings. The number of nitrogens with zero attached hydrogens (tertiary/aromatic N) is 1. The van der Waals surface area contributed by atoms with Crippen LogP contribution in [0.25, 0.3) is 0 Å². The van der Waals surface area contributed by atoms with Gasteiger partial charge in [-0.2, -0.15) is 0 Å². The molecule has 0 aliphatic rings. The molecule has 0 aliphatic carbocycles. The monoisotopic (exact) mass is 280 g/mol. The maximum atomic E-state index is 11.0. The third kappa shape index (κ3) is 5.67. The molecule has 20 heavy (non-hydrogen) atoms. The summed E-state index contributed by atoms with van der Waals surface area (Å²) in [5, 5.41) is 14.2. The lowest BCUT2D eigenvalue weighted by Crippen LogP contribution is -2.24. The Labute approximate surface area is 120 Å². The number of hydrogen-bond donors (Lipinski definition) is 1. The average Bonchev–Trinajstić information content (AvgIpc) is 2.42. The zero-order valence-electron chi connectivity index (χ0n) is 12.5. The van der Waals surface area contributed by atoms with Crippen LogP contribution in [-0.4, -0.2) is 24.7 Å². The van der Waals surface area contributed by atoms with Crippen LogP contribution in [0.5, 0.6) is 0 Å². The molecule has 0 spiro atoms. The molecule has 1 aromatic rings. The van der Waals surface area contributed by atoms with Crippen molar-refractivity contribution in [3.63, 3.8) is 0 Å². The lowest BCUT2D eigenvalue weighted by Gasteiger charge is -2.14. The van der Waals surface area contributed by atoms with Crippen LogP contribution in [0.3, 0.4) is 0 Å². The standard InChI is InChI=1S/C15H24N2O3/c1-12(2)8-10-20-11-9-16-13(3)14-6-4-5-7-15(14)17(18)19/h4-7,12-13,16H,8-11H2,1-3H3. The normalized spacial score (nSPS) is 12.6. The second-order valence-electron chi connectivity index (χ2n) is 5.29. The quantitative estimate of drug-likeness (QED) is 0.428. The van der Waals surface area contributed by atoms with Gasteiger partial charge in [0.1, 0.15) is 0 Å². The predicted molar refractivity (Wildman–Crippen MR) is 79.8 cm³/mol. The van der Waals surface area contributed by atoms with Crippen LogP contribution in [0.15, 0.2) is 24.3 Å². The summed E-state index contributed by atoms with van der Waals surface area (Å²) in [6.07, 6.45) is 1.06. The van der Waals surface area contributed by atoms with Crippen LogP contribution >= 0.6 is 0 Å². The van der Waals surface area contributed by atoms with Crippen molar-refractivity contribution in [3.05, 3.63) is 39.9 Å². The number of rotatable bonds is 9. The Bertz CT molecular complexity index is 421. The van der Waals surface area contributed by atoms with E-state index in [-0.39, 0.29) is 16.7 Å². The van der Waals surface area contributed by atoms with Crippen molar-refractivity contribution in [1.82, 2.24) is 5.32 Å². The SMILES string of the molecule is CC(C)CCOCCNC(C)c1ccccc1[N+](=O)[O-]. The summed E-state index contributed by atoms with van der Waals surface area (Å²) >= 11 is 0. The van der Waals surface area contributed by atoms with Gasteiger partial charge in [-0.1, -0.05) is 32.0 Å². The van der Waals surface area contributed by atoms with Gasteiger partial charge < -0.3 is 10.1 Å². The molecule has 0 saturated heterocycles. The van der Waals surface area contributed by atoms with E-state index in [0.29, 0.717) is 24.6 Å². The minimum atomic E-state index is -0.341. The average molecular weight is 280 g/mol. The van der Waals surface area contributed by atoms with E-state index < -0.39 is 0 Å². The zero-order chi connectivity index (χ0) is 15.0. The number of ether oxygens (including phenoxy) is 1. The first-order valence-corrected chi connectivity index (χ1v) is 7.06. The van der Waals surface area contributed by atoms with Crippen molar-refractivity contribution >= 4 is 5.69 Å². The molecule has 0 aliphatic heterocycles. The molecule has 1 rings (SSSR count). The number of benzene rings is 1. The second-order valence-corrected chi connectivity index (χ2v) is 5.29. The summed E-state index contributed by atoms with van der Waals surface area (Å²) in [6.45, 7) is 8.33. The van der Waals surface area contributed by atoms with Crippen LogP contribution < -0.4 is 5.32 Å². The van der Waals surface area contributed by atoms with Crippen LogP contribution in [0.2, 0.25) is 0 Å². The van der Waals surface area contributed by atoms with Crippen molar-refractivity contribution in [2.45, 2.75) is 33.2 Å². The topological polar surface area (TPSA) is 64.4 Å². The van der Waals surface area contributed by atoms with Gasteiger partial charge in [0.2, 0.25) is 0 Å². The van der Waals surface area contributed by atoms with Gasteiger partial charge in [0.15, 0.2) is 0 Å². The van der Waals surface area contributed by atoms with Gasteiger partial charge in [0, 0.05) is 30.8 Å². The van der Waals surface area contributed by atoms with E-state index in [1.165, 1.54) is 6.07 Å². The van der Waals surface area contributed by atoms with Gasteiger partial charge in [-0.15, -0.1) is 0 Å². The van der Waals surface area contributed by atoms with Crippen molar-refractivity contribution in [2.75, 3.05) is 19.8 Å². The van der Waals surface area contributed by atoms with Crippen molar-refractivity contribution in [1.29, 1.82) is 0 Å². The molecule has 112 valence electrons. The van der Waals surface area contributed by atoms with Crippen LogP contribution in [0, 0.1) is 16.0 Å². The second kappa shape index (κ2) is 8.66. The van der Waals surface area contributed by atoms with Crippen molar-refractivity contribution in [3.8, 4) is 0 Å². The molecule has 1 atom stereocenters. The summed E-state index contributed by atoms with van der Waals surface area (Å²) < 4.78 is 5.51. The fourth-order valence-electron chi connectivity index (χ4n) is 1.90. The number of nitrogens with one attached hydrogen (secondary N) is 1. The molecular formula is C15H24N2O3. The third-order valence-corrected chi connectivity index (χ3v) is 3.14. The smallest absolute Gasteiger partial charge is 0.274 e. The van der Waals surface area contributed by atoms with E-state index in [9.17, 15) is 10.1 Å². The Balaban J connectivity index is 2.36. The molecule has 5 nitrogen and oxygen atoms in total. The number of hydrogen-bond acceptors (Lipinski definition) is 4. The Morgan fingerprint density at radius 2 is 1.95 bits per heavy atom. The Hall–Kier alpha value is -1.46. The first-order valence-electron chi connectivity index (χ1n) is 7.06. The van der Waals surface area contributed by atoms with Gasteiger partial charge in [0.05, 0.1) is 11.5 Å². The first-order chi connectivity index (χ1) is 9.52. The minimum Gasteiger partial charge on any atom is -0.380 e. The van der Waals surface area contributed by atoms with E-state index in [1.54, 1.807) is 12.1 Å². The summed E-state index contributed by atoms with van der Waals surface area (Å²) in [5.41, 5.74) is 0.868. The van der Waals surface area contributed by atoms with E-state index in [4.69, 9.17) is 4.74 Å². The Kier molecular flexibility index (Phi) is 7.18. The molecule has 1 N–H and O–H groups in total. The third-order valence-electron chi connectivity index (χ3n) is 3.14. The lowest BCUT2D eigenvalue weighted by atomic mass is 10.1. The minimum absolute atomic E-state index is 0.0645. The zero-order valence-corrected chi connectivity index (χ0v) is 12.5. The van der Waals surface area contributed by atoms with E-state index in [1.807, 2.05) is 13.0 Å². The molecule has 0 saturated carbocycles. The number of nitro benzene ring substituents is 1. The van der Waals surface area contributed by atoms with Gasteiger partial charge in [-0.05, 0) is 19.3 Å². The predicted octanol–water partition coefficient (Wildman–Crippen LogP) is 3.31. The largest absolute Gasteiger partial charge is 0.380 e. The van der Waals surface area contributed by atoms with E-state index in [0.717, 1.165) is 13.0 Å². The van der Waals surface area contributed by atoms with Crippen LogP contribution in [-0.2, 0) is 4.74 Å². The highest BCUT2D eigenvalue weighted by atomic mass is 16.6. The van der Waals surface area contributed by atoms with Gasteiger partial charge in [-0.25, -0.2) is 0 Å². The highest BCUT2D eigenvalue weighted by Gasteiger charge is 2.17. The fourth-order valence-corrected chi connectivity index (χ4v) is 1.90. The summed E-state index contributed by atoms with van der Waals surface area (Å²) in [7, 11) is 0. The Morgan fingerprint density at radius 3 is 2.60 bits per heavy atom. The molecule has 0 amide bonds. The summed E-state index contributed by atoms with van der Waals surface area (Å²) in [6, 6.07) is 6.76.